The SMILES string of the molecule is CCCC1CCC2(CC1)CC(N)c1cc(Br)ccc1O2. The zero-order valence-corrected chi connectivity index (χ0v) is 13.8. The zero-order chi connectivity index (χ0) is 14.2. The van der Waals surface area contributed by atoms with E-state index in [0.717, 1.165) is 28.1 Å². The average Bonchev–Trinajstić information content (AvgIpc) is 2.43. The van der Waals surface area contributed by atoms with Crippen LogP contribution < -0.4 is 10.5 Å². The molecule has 3 heteroatoms. The van der Waals surface area contributed by atoms with Gasteiger partial charge in [0.2, 0.25) is 0 Å². The molecule has 1 atom stereocenters. The van der Waals surface area contributed by atoms with Crippen LogP contribution in [0.5, 0.6) is 5.75 Å². The second-order valence-electron chi connectivity index (χ2n) is 6.51. The van der Waals surface area contributed by atoms with E-state index in [1.165, 1.54) is 38.5 Å². The molecule has 0 amide bonds. The molecule has 110 valence electrons. The Bertz CT molecular complexity index is 480. The fourth-order valence-corrected chi connectivity index (χ4v) is 4.27. The Morgan fingerprint density at radius 1 is 1.35 bits per heavy atom. The van der Waals surface area contributed by atoms with Crippen molar-refractivity contribution in [2.45, 2.75) is 63.5 Å². The van der Waals surface area contributed by atoms with Crippen molar-refractivity contribution in [2.24, 2.45) is 11.7 Å². The van der Waals surface area contributed by atoms with Gasteiger partial charge >= 0.3 is 0 Å². The summed E-state index contributed by atoms with van der Waals surface area (Å²) in [5, 5.41) is 0. The predicted octanol–water partition coefficient (Wildman–Crippen LogP) is 4.96. The Morgan fingerprint density at radius 3 is 2.80 bits per heavy atom. The van der Waals surface area contributed by atoms with Crippen LogP contribution in [0.2, 0.25) is 0 Å². The lowest BCUT2D eigenvalue weighted by molar-refractivity contribution is -0.0116. The summed E-state index contributed by atoms with van der Waals surface area (Å²) in [5.41, 5.74) is 7.57. The number of benzene rings is 1. The molecule has 0 aromatic heterocycles. The first-order chi connectivity index (χ1) is 9.62. The maximum Gasteiger partial charge on any atom is 0.124 e. The maximum absolute atomic E-state index is 6.41. The number of halogens is 1. The van der Waals surface area contributed by atoms with Gasteiger partial charge in [0, 0.05) is 22.5 Å². The molecule has 3 rings (SSSR count). The van der Waals surface area contributed by atoms with Gasteiger partial charge in [0.1, 0.15) is 11.4 Å². The van der Waals surface area contributed by atoms with E-state index in [9.17, 15) is 0 Å². The number of hydrogen-bond donors (Lipinski definition) is 1. The molecule has 1 fully saturated rings. The highest BCUT2D eigenvalue weighted by atomic mass is 79.9. The minimum atomic E-state index is 0.00445. The molecule has 1 saturated carbocycles. The molecular weight excluding hydrogens is 314 g/mol. The van der Waals surface area contributed by atoms with E-state index in [1.807, 2.05) is 6.07 Å². The smallest absolute Gasteiger partial charge is 0.124 e. The Balaban J connectivity index is 1.76. The van der Waals surface area contributed by atoms with Crippen LogP contribution in [0.1, 0.15) is 63.5 Å². The lowest BCUT2D eigenvalue weighted by Crippen LogP contribution is -2.45. The van der Waals surface area contributed by atoms with E-state index >= 15 is 0 Å². The van der Waals surface area contributed by atoms with Gasteiger partial charge in [0.05, 0.1) is 0 Å². The summed E-state index contributed by atoms with van der Waals surface area (Å²) in [4.78, 5) is 0. The summed E-state index contributed by atoms with van der Waals surface area (Å²) < 4.78 is 7.49. The third kappa shape index (κ3) is 2.75. The molecule has 0 bridgehead atoms. The highest BCUT2D eigenvalue weighted by molar-refractivity contribution is 9.10. The first-order valence-corrected chi connectivity index (χ1v) is 8.65. The van der Waals surface area contributed by atoms with Crippen LogP contribution in [0.4, 0.5) is 0 Å². The normalized spacial score (nSPS) is 32.8. The molecule has 1 unspecified atom stereocenters. The monoisotopic (exact) mass is 337 g/mol. The van der Waals surface area contributed by atoms with Gasteiger partial charge in [-0.3, -0.25) is 0 Å². The van der Waals surface area contributed by atoms with Crippen molar-refractivity contribution in [3.8, 4) is 5.75 Å². The van der Waals surface area contributed by atoms with Crippen LogP contribution in [0.15, 0.2) is 22.7 Å². The maximum atomic E-state index is 6.41. The summed E-state index contributed by atoms with van der Waals surface area (Å²) in [6.07, 6.45) is 8.57. The first kappa shape index (κ1) is 14.4. The molecule has 0 saturated heterocycles. The highest BCUT2D eigenvalue weighted by Crippen LogP contribution is 2.47. The molecule has 1 aromatic rings. The van der Waals surface area contributed by atoms with E-state index in [4.69, 9.17) is 10.5 Å². The molecule has 1 spiro atoms. The van der Waals surface area contributed by atoms with Gasteiger partial charge in [0.25, 0.3) is 0 Å². The molecule has 1 aliphatic heterocycles. The van der Waals surface area contributed by atoms with Crippen molar-refractivity contribution < 1.29 is 4.74 Å². The van der Waals surface area contributed by atoms with Gasteiger partial charge < -0.3 is 10.5 Å². The Morgan fingerprint density at radius 2 is 2.10 bits per heavy atom. The van der Waals surface area contributed by atoms with E-state index in [1.54, 1.807) is 0 Å². The average molecular weight is 338 g/mol. The fourth-order valence-electron chi connectivity index (χ4n) is 3.89. The first-order valence-electron chi connectivity index (χ1n) is 7.86. The van der Waals surface area contributed by atoms with Crippen LogP contribution in [-0.4, -0.2) is 5.60 Å². The minimum Gasteiger partial charge on any atom is -0.487 e. The van der Waals surface area contributed by atoms with E-state index in [0.29, 0.717) is 0 Å². The van der Waals surface area contributed by atoms with Crippen molar-refractivity contribution in [3.63, 3.8) is 0 Å². The van der Waals surface area contributed by atoms with Crippen LogP contribution in [-0.2, 0) is 0 Å². The van der Waals surface area contributed by atoms with E-state index in [-0.39, 0.29) is 11.6 Å². The van der Waals surface area contributed by atoms with Gasteiger partial charge in [0.15, 0.2) is 0 Å². The summed E-state index contributed by atoms with van der Waals surface area (Å²) in [6, 6.07) is 6.33. The Kier molecular flexibility index (Phi) is 4.09. The second kappa shape index (κ2) is 5.69. The topological polar surface area (TPSA) is 35.2 Å². The molecule has 1 heterocycles. The zero-order valence-electron chi connectivity index (χ0n) is 12.2. The van der Waals surface area contributed by atoms with E-state index in [2.05, 4.69) is 35.0 Å². The molecule has 2 N–H and O–H groups in total. The standard InChI is InChI=1S/C17H24BrNO/c1-2-3-12-6-8-17(9-7-12)11-15(19)14-10-13(18)4-5-16(14)20-17/h4-5,10,12,15H,2-3,6-9,11,19H2,1H3. The largest absolute Gasteiger partial charge is 0.487 e. The Hall–Kier alpha value is -0.540. The second-order valence-corrected chi connectivity index (χ2v) is 7.43. The summed E-state index contributed by atoms with van der Waals surface area (Å²) in [7, 11) is 0. The van der Waals surface area contributed by atoms with Crippen LogP contribution in [0, 0.1) is 5.92 Å². The molecule has 1 aliphatic carbocycles. The molecule has 0 radical (unpaired) electrons. The van der Waals surface area contributed by atoms with Crippen LogP contribution in [0.3, 0.4) is 0 Å². The number of fused-ring (bicyclic) bond motifs is 1. The third-order valence-electron chi connectivity index (χ3n) is 5.00. The van der Waals surface area contributed by atoms with Gasteiger partial charge in [-0.05, 0) is 49.8 Å². The predicted molar refractivity (Wildman–Crippen MR) is 85.9 cm³/mol. The molecule has 1 aromatic carbocycles. The van der Waals surface area contributed by atoms with Crippen LogP contribution in [0.25, 0.3) is 0 Å². The van der Waals surface area contributed by atoms with Crippen molar-refractivity contribution in [2.75, 3.05) is 0 Å². The van der Waals surface area contributed by atoms with Crippen molar-refractivity contribution >= 4 is 15.9 Å². The quantitative estimate of drug-likeness (QED) is 0.827. The number of hydrogen-bond acceptors (Lipinski definition) is 2. The molecule has 2 aliphatic rings. The summed E-state index contributed by atoms with van der Waals surface area (Å²) in [6.45, 7) is 2.28. The van der Waals surface area contributed by atoms with Gasteiger partial charge in [-0.15, -0.1) is 0 Å². The lowest BCUT2D eigenvalue weighted by atomic mass is 9.72. The van der Waals surface area contributed by atoms with Crippen LogP contribution >= 0.6 is 15.9 Å². The third-order valence-corrected chi connectivity index (χ3v) is 5.50. The van der Waals surface area contributed by atoms with Crippen molar-refractivity contribution in [1.29, 1.82) is 0 Å². The van der Waals surface area contributed by atoms with Crippen molar-refractivity contribution in [3.05, 3.63) is 28.2 Å². The van der Waals surface area contributed by atoms with Gasteiger partial charge in [-0.25, -0.2) is 0 Å². The van der Waals surface area contributed by atoms with Gasteiger partial charge in [-0.1, -0.05) is 35.7 Å². The molecule has 2 nitrogen and oxygen atoms in total. The molecular formula is C17H24BrNO. The number of rotatable bonds is 2. The summed E-state index contributed by atoms with van der Waals surface area (Å²) in [5.74, 6) is 1.90. The van der Waals surface area contributed by atoms with Crippen molar-refractivity contribution in [1.82, 2.24) is 0 Å². The Labute approximate surface area is 130 Å². The van der Waals surface area contributed by atoms with E-state index < -0.39 is 0 Å². The highest BCUT2D eigenvalue weighted by Gasteiger charge is 2.42. The number of nitrogens with two attached hydrogens (primary N) is 1. The summed E-state index contributed by atoms with van der Waals surface area (Å²) >= 11 is 3.52. The fraction of sp³-hybridized carbons (Fsp3) is 0.647. The van der Waals surface area contributed by atoms with Gasteiger partial charge in [-0.2, -0.15) is 0 Å². The number of ether oxygens (including phenoxy) is 1. The molecule has 20 heavy (non-hydrogen) atoms. The lowest BCUT2D eigenvalue weighted by Gasteiger charge is -2.45. The minimum absolute atomic E-state index is 0.00445.